The third-order valence-electron chi connectivity index (χ3n) is 4.20. The average Bonchev–Trinajstić information content (AvgIpc) is 2.68. The average molecular weight is 363 g/mol. The van der Waals surface area contributed by atoms with Gasteiger partial charge in [0.15, 0.2) is 0 Å². The predicted octanol–water partition coefficient (Wildman–Crippen LogP) is 4.75. The number of fused-ring (bicyclic) bond motifs is 1. The van der Waals surface area contributed by atoms with Crippen LogP contribution in [0.4, 0.5) is 5.69 Å². The van der Waals surface area contributed by atoms with E-state index in [2.05, 4.69) is 5.32 Å². The van der Waals surface area contributed by atoms with Crippen LogP contribution in [0.2, 0.25) is 0 Å². The molecule has 1 amide bonds. The van der Waals surface area contributed by atoms with Crippen LogP contribution in [0.25, 0.3) is 10.8 Å². The minimum atomic E-state index is -0.420. The maximum atomic E-state index is 12.5. The zero-order valence-electron chi connectivity index (χ0n) is 15.1. The summed E-state index contributed by atoms with van der Waals surface area (Å²) in [6, 6.07) is 17.1. The highest BCUT2D eigenvalue weighted by molar-refractivity contribution is 6.09. The Balaban J connectivity index is 1.87. The second-order valence-corrected chi connectivity index (χ2v) is 6.24. The molecule has 0 heterocycles. The van der Waals surface area contributed by atoms with Gasteiger partial charge in [-0.3, -0.25) is 4.79 Å². The molecule has 5 nitrogen and oxygen atoms in total. The number of carbonyl (C=O) groups excluding carboxylic acids is 2. The molecule has 0 aliphatic heterocycles. The van der Waals surface area contributed by atoms with Crippen LogP contribution < -0.4 is 5.32 Å². The van der Waals surface area contributed by atoms with Gasteiger partial charge in [-0.25, -0.2) is 4.79 Å². The third-order valence-corrected chi connectivity index (χ3v) is 4.20. The van der Waals surface area contributed by atoms with Gasteiger partial charge in [0.05, 0.1) is 17.7 Å². The van der Waals surface area contributed by atoms with Crippen LogP contribution in [0.3, 0.4) is 0 Å². The molecule has 0 saturated carbocycles. The summed E-state index contributed by atoms with van der Waals surface area (Å²) in [6.07, 6.45) is 1.77. The van der Waals surface area contributed by atoms with Gasteiger partial charge in [0.1, 0.15) is 5.75 Å². The van der Waals surface area contributed by atoms with Crippen LogP contribution in [0.1, 0.15) is 40.5 Å². The highest BCUT2D eigenvalue weighted by Gasteiger charge is 2.14. The first-order valence-corrected chi connectivity index (χ1v) is 8.89. The van der Waals surface area contributed by atoms with Crippen molar-refractivity contribution in [1.29, 1.82) is 0 Å². The van der Waals surface area contributed by atoms with Crippen LogP contribution in [-0.4, -0.2) is 23.6 Å². The summed E-state index contributed by atoms with van der Waals surface area (Å²) < 4.78 is 5.23. The molecular formula is C22H21NO4. The molecule has 0 saturated heterocycles. The molecule has 3 aromatic carbocycles. The molecule has 3 aromatic rings. The molecule has 0 bridgehead atoms. The fourth-order valence-corrected chi connectivity index (χ4v) is 2.71. The number of amides is 1. The molecule has 0 fully saturated rings. The fourth-order valence-electron chi connectivity index (χ4n) is 2.71. The Labute approximate surface area is 157 Å². The highest BCUT2D eigenvalue weighted by Crippen LogP contribution is 2.27. The summed E-state index contributed by atoms with van der Waals surface area (Å²) in [6.45, 7) is 2.41. The molecule has 0 aromatic heterocycles. The first kappa shape index (κ1) is 18.5. The van der Waals surface area contributed by atoms with Gasteiger partial charge in [0.25, 0.3) is 5.91 Å². The number of hydrogen-bond acceptors (Lipinski definition) is 4. The number of rotatable bonds is 6. The van der Waals surface area contributed by atoms with E-state index in [4.69, 9.17) is 4.74 Å². The molecule has 0 radical (unpaired) electrons. The van der Waals surface area contributed by atoms with E-state index in [0.29, 0.717) is 23.2 Å². The molecule has 0 unspecified atom stereocenters. The van der Waals surface area contributed by atoms with Crippen molar-refractivity contribution in [2.24, 2.45) is 0 Å². The Bertz CT molecular complexity index is 967. The van der Waals surface area contributed by atoms with Crippen LogP contribution in [0, 0.1) is 0 Å². The minimum absolute atomic E-state index is 0.116. The topological polar surface area (TPSA) is 75.6 Å². The number of hydrogen-bond donors (Lipinski definition) is 2. The molecule has 27 heavy (non-hydrogen) atoms. The number of carbonyl (C=O) groups is 2. The molecule has 0 atom stereocenters. The van der Waals surface area contributed by atoms with E-state index in [9.17, 15) is 14.7 Å². The number of unbranched alkanes of at least 4 members (excludes halogenated alkanes) is 1. The number of benzene rings is 3. The van der Waals surface area contributed by atoms with Crippen molar-refractivity contribution in [3.8, 4) is 5.75 Å². The minimum Gasteiger partial charge on any atom is -0.507 e. The van der Waals surface area contributed by atoms with E-state index in [1.54, 1.807) is 36.4 Å². The number of nitrogens with one attached hydrogen (secondary N) is 1. The normalized spacial score (nSPS) is 10.6. The number of anilines is 1. The lowest BCUT2D eigenvalue weighted by molar-refractivity contribution is 0.0500. The zero-order chi connectivity index (χ0) is 19.2. The maximum absolute atomic E-state index is 12.5. The van der Waals surface area contributed by atoms with Gasteiger partial charge in [0.2, 0.25) is 0 Å². The van der Waals surface area contributed by atoms with Crippen LogP contribution in [0.15, 0.2) is 60.7 Å². The standard InChI is InChI=1S/C22H21NO4/c1-2-3-11-27-22(26)16-10-9-15-14-20(24)19(13-17(15)12-16)21(25)23-18-7-5-4-6-8-18/h4-10,12-14,24H,2-3,11H2,1H3,(H,23,25). The number of phenols is 1. The number of aromatic hydroxyl groups is 1. The fraction of sp³-hybridized carbons (Fsp3) is 0.182. The summed E-state index contributed by atoms with van der Waals surface area (Å²) in [5.74, 6) is -0.931. The van der Waals surface area contributed by atoms with Gasteiger partial charge in [-0.05, 0) is 53.6 Å². The largest absolute Gasteiger partial charge is 0.507 e. The first-order chi connectivity index (χ1) is 13.1. The van der Waals surface area contributed by atoms with Crippen molar-refractivity contribution in [2.75, 3.05) is 11.9 Å². The van der Waals surface area contributed by atoms with E-state index in [-0.39, 0.29) is 11.3 Å². The Hall–Kier alpha value is -3.34. The van der Waals surface area contributed by atoms with E-state index in [0.717, 1.165) is 18.2 Å². The van der Waals surface area contributed by atoms with Gasteiger partial charge < -0.3 is 15.2 Å². The molecule has 3 rings (SSSR count). The quantitative estimate of drug-likeness (QED) is 0.489. The Morgan fingerprint density at radius 2 is 1.78 bits per heavy atom. The molecule has 138 valence electrons. The number of para-hydroxylation sites is 1. The second kappa shape index (κ2) is 8.36. The van der Waals surface area contributed by atoms with Crippen LogP contribution in [-0.2, 0) is 4.74 Å². The van der Waals surface area contributed by atoms with Crippen molar-refractivity contribution in [1.82, 2.24) is 0 Å². The number of phenolic OH excluding ortho intramolecular Hbond substituents is 1. The third kappa shape index (κ3) is 4.44. The van der Waals surface area contributed by atoms with Crippen molar-refractivity contribution >= 4 is 28.3 Å². The lowest BCUT2D eigenvalue weighted by Gasteiger charge is -2.10. The second-order valence-electron chi connectivity index (χ2n) is 6.24. The zero-order valence-corrected chi connectivity index (χ0v) is 15.1. The van der Waals surface area contributed by atoms with Gasteiger partial charge in [-0.15, -0.1) is 0 Å². The predicted molar refractivity (Wildman–Crippen MR) is 105 cm³/mol. The summed E-state index contributed by atoms with van der Waals surface area (Å²) >= 11 is 0. The molecular weight excluding hydrogens is 342 g/mol. The molecule has 0 aliphatic rings. The van der Waals surface area contributed by atoms with Crippen molar-refractivity contribution in [3.05, 3.63) is 71.8 Å². The Kier molecular flexibility index (Phi) is 5.71. The summed E-state index contributed by atoms with van der Waals surface area (Å²) in [5.41, 5.74) is 1.19. The van der Waals surface area contributed by atoms with Crippen molar-refractivity contribution in [2.45, 2.75) is 19.8 Å². The molecule has 0 aliphatic carbocycles. The van der Waals surface area contributed by atoms with Gasteiger partial charge in [0, 0.05) is 5.69 Å². The van der Waals surface area contributed by atoms with Crippen LogP contribution in [0.5, 0.6) is 5.75 Å². The van der Waals surface area contributed by atoms with Crippen molar-refractivity contribution < 1.29 is 19.4 Å². The van der Waals surface area contributed by atoms with Gasteiger partial charge in [-0.2, -0.15) is 0 Å². The van der Waals surface area contributed by atoms with E-state index in [1.165, 1.54) is 6.07 Å². The monoisotopic (exact) mass is 363 g/mol. The van der Waals surface area contributed by atoms with Gasteiger partial charge >= 0.3 is 5.97 Å². The summed E-state index contributed by atoms with van der Waals surface area (Å²) in [7, 11) is 0. The smallest absolute Gasteiger partial charge is 0.338 e. The SMILES string of the molecule is CCCCOC(=O)c1ccc2cc(O)c(C(=O)Nc3ccccc3)cc2c1. The van der Waals surface area contributed by atoms with E-state index >= 15 is 0 Å². The Morgan fingerprint density at radius 1 is 1.00 bits per heavy atom. The summed E-state index contributed by atoms with van der Waals surface area (Å²) in [4.78, 5) is 24.6. The Morgan fingerprint density at radius 3 is 2.52 bits per heavy atom. The lowest BCUT2D eigenvalue weighted by Crippen LogP contribution is -2.12. The highest BCUT2D eigenvalue weighted by atomic mass is 16.5. The summed E-state index contributed by atoms with van der Waals surface area (Å²) in [5, 5.41) is 14.4. The maximum Gasteiger partial charge on any atom is 0.338 e. The van der Waals surface area contributed by atoms with Gasteiger partial charge in [-0.1, -0.05) is 37.6 Å². The molecule has 2 N–H and O–H groups in total. The van der Waals surface area contributed by atoms with E-state index < -0.39 is 11.9 Å². The van der Waals surface area contributed by atoms with Crippen molar-refractivity contribution in [3.63, 3.8) is 0 Å². The number of ether oxygens (including phenoxy) is 1. The first-order valence-electron chi connectivity index (χ1n) is 8.89. The van der Waals surface area contributed by atoms with E-state index in [1.807, 2.05) is 25.1 Å². The van der Waals surface area contributed by atoms with Crippen LogP contribution >= 0.6 is 0 Å². The lowest BCUT2D eigenvalue weighted by atomic mass is 10.0. The molecule has 5 heteroatoms. The molecule has 0 spiro atoms. The number of esters is 1.